The molecule has 0 saturated heterocycles. The van der Waals surface area contributed by atoms with Crippen LogP contribution in [0.5, 0.6) is 0 Å². The van der Waals surface area contributed by atoms with Crippen LogP contribution in [0.15, 0.2) is 34.9 Å². The molecule has 0 unspecified atom stereocenters. The molecule has 1 aromatic heterocycles. The second kappa shape index (κ2) is 5.53. The van der Waals surface area contributed by atoms with E-state index in [1.165, 1.54) is 18.9 Å². The lowest BCUT2D eigenvalue weighted by Gasteiger charge is -2.00. The Morgan fingerprint density at radius 1 is 1.32 bits per heavy atom. The molecule has 100 valence electrons. The molecule has 4 heteroatoms. The van der Waals surface area contributed by atoms with Crippen LogP contribution in [0.2, 0.25) is 0 Å². The molecule has 1 N–H and O–H groups in total. The number of rotatable bonds is 6. The summed E-state index contributed by atoms with van der Waals surface area (Å²) in [6, 6.07) is 7.32. The Kier molecular flexibility index (Phi) is 3.60. The van der Waals surface area contributed by atoms with Gasteiger partial charge in [0.25, 0.3) is 0 Å². The first-order valence-electron chi connectivity index (χ1n) is 6.76. The summed E-state index contributed by atoms with van der Waals surface area (Å²) >= 11 is 0. The summed E-state index contributed by atoms with van der Waals surface area (Å²) < 4.78 is 19.2. The number of hydrogen-bond donors (Lipinski definition) is 1. The molecule has 1 aliphatic rings. The first kappa shape index (κ1) is 12.4. The van der Waals surface area contributed by atoms with Crippen molar-refractivity contribution in [2.24, 2.45) is 0 Å². The largest absolute Gasteiger partial charge is 0.441 e. The molecule has 0 bridgehead atoms. The molecule has 1 heterocycles. The van der Waals surface area contributed by atoms with Crippen molar-refractivity contribution in [3.63, 3.8) is 0 Å². The van der Waals surface area contributed by atoms with Crippen molar-refractivity contribution in [1.82, 2.24) is 10.3 Å². The molecule has 0 aliphatic heterocycles. The van der Waals surface area contributed by atoms with Crippen molar-refractivity contribution in [2.75, 3.05) is 6.54 Å². The minimum Gasteiger partial charge on any atom is -0.441 e. The van der Waals surface area contributed by atoms with Crippen molar-refractivity contribution in [3.8, 4) is 11.3 Å². The Morgan fingerprint density at radius 3 is 2.95 bits per heavy atom. The average molecular weight is 260 g/mol. The van der Waals surface area contributed by atoms with Crippen molar-refractivity contribution in [3.05, 3.63) is 42.2 Å². The topological polar surface area (TPSA) is 38.1 Å². The molecular weight excluding hydrogens is 243 g/mol. The molecule has 0 spiro atoms. The number of nitrogens with zero attached hydrogens (tertiary/aromatic N) is 1. The second-order valence-corrected chi connectivity index (χ2v) is 4.93. The van der Waals surface area contributed by atoms with E-state index in [1.54, 1.807) is 24.4 Å². The van der Waals surface area contributed by atoms with Gasteiger partial charge in [-0.25, -0.2) is 9.37 Å². The number of benzene rings is 1. The summed E-state index contributed by atoms with van der Waals surface area (Å²) in [5, 5.41) is 3.44. The predicted octanol–water partition coefficient (Wildman–Crippen LogP) is 3.17. The van der Waals surface area contributed by atoms with E-state index in [2.05, 4.69) is 10.3 Å². The van der Waals surface area contributed by atoms with Crippen LogP contribution in [0, 0.1) is 5.82 Å². The van der Waals surface area contributed by atoms with Crippen molar-refractivity contribution < 1.29 is 8.81 Å². The SMILES string of the molecule is Fc1ccccc1-c1cnc(CCCNC2CC2)o1. The van der Waals surface area contributed by atoms with E-state index in [0.29, 0.717) is 17.2 Å². The Bertz CT molecular complexity index is 549. The third-order valence-electron chi connectivity index (χ3n) is 3.27. The van der Waals surface area contributed by atoms with Gasteiger partial charge < -0.3 is 9.73 Å². The number of hydrogen-bond acceptors (Lipinski definition) is 3. The summed E-state index contributed by atoms with van der Waals surface area (Å²) in [4.78, 5) is 4.20. The summed E-state index contributed by atoms with van der Waals surface area (Å²) in [6.45, 7) is 0.988. The normalized spacial score (nSPS) is 14.8. The number of oxazole rings is 1. The number of nitrogens with one attached hydrogen (secondary N) is 1. The minimum atomic E-state index is -0.277. The van der Waals surface area contributed by atoms with Gasteiger partial charge in [0, 0.05) is 12.5 Å². The summed E-state index contributed by atoms with van der Waals surface area (Å²) in [5.41, 5.74) is 0.470. The summed E-state index contributed by atoms with van der Waals surface area (Å²) in [7, 11) is 0. The number of aryl methyl sites for hydroxylation is 1. The lowest BCUT2D eigenvalue weighted by Crippen LogP contribution is -2.17. The second-order valence-electron chi connectivity index (χ2n) is 4.93. The summed E-state index contributed by atoms with van der Waals surface area (Å²) in [6.07, 6.45) is 5.98. The highest BCUT2D eigenvalue weighted by Crippen LogP contribution is 2.23. The highest BCUT2D eigenvalue weighted by Gasteiger charge is 2.19. The fraction of sp³-hybridized carbons (Fsp3) is 0.400. The van der Waals surface area contributed by atoms with Crippen LogP contribution in [0.4, 0.5) is 4.39 Å². The molecule has 0 amide bonds. The zero-order chi connectivity index (χ0) is 13.1. The maximum absolute atomic E-state index is 13.6. The van der Waals surface area contributed by atoms with E-state index in [1.807, 2.05) is 0 Å². The fourth-order valence-electron chi connectivity index (χ4n) is 2.04. The maximum atomic E-state index is 13.6. The van der Waals surface area contributed by atoms with Gasteiger partial charge in [0.15, 0.2) is 11.7 Å². The molecule has 1 fully saturated rings. The molecule has 0 radical (unpaired) electrons. The number of halogens is 1. The fourth-order valence-corrected chi connectivity index (χ4v) is 2.04. The van der Waals surface area contributed by atoms with Gasteiger partial charge in [-0.3, -0.25) is 0 Å². The Balaban J connectivity index is 1.57. The standard InChI is InChI=1S/C15H17FN2O/c16-13-5-2-1-4-12(13)14-10-18-15(19-14)6-3-9-17-11-7-8-11/h1-2,4-5,10-11,17H,3,6-9H2. The Morgan fingerprint density at radius 2 is 2.16 bits per heavy atom. The van der Waals surface area contributed by atoms with Crippen molar-refractivity contribution >= 4 is 0 Å². The highest BCUT2D eigenvalue weighted by molar-refractivity contribution is 5.56. The predicted molar refractivity (Wildman–Crippen MR) is 71.2 cm³/mol. The van der Waals surface area contributed by atoms with E-state index in [0.717, 1.165) is 25.4 Å². The summed E-state index contributed by atoms with van der Waals surface area (Å²) in [5.74, 6) is 0.903. The van der Waals surface area contributed by atoms with Crippen LogP contribution in [0.25, 0.3) is 11.3 Å². The Hall–Kier alpha value is -1.68. The van der Waals surface area contributed by atoms with Crippen LogP contribution >= 0.6 is 0 Å². The molecule has 0 atom stereocenters. The van der Waals surface area contributed by atoms with E-state index < -0.39 is 0 Å². The zero-order valence-electron chi connectivity index (χ0n) is 10.7. The van der Waals surface area contributed by atoms with Crippen molar-refractivity contribution in [2.45, 2.75) is 31.7 Å². The van der Waals surface area contributed by atoms with E-state index in [9.17, 15) is 4.39 Å². The van der Waals surface area contributed by atoms with Gasteiger partial charge in [0.05, 0.1) is 11.8 Å². The van der Waals surface area contributed by atoms with E-state index in [4.69, 9.17) is 4.42 Å². The lowest BCUT2D eigenvalue weighted by molar-refractivity contribution is 0.488. The van der Waals surface area contributed by atoms with Crippen molar-refractivity contribution in [1.29, 1.82) is 0 Å². The van der Waals surface area contributed by atoms with E-state index in [-0.39, 0.29) is 5.82 Å². The molecule has 3 nitrogen and oxygen atoms in total. The van der Waals surface area contributed by atoms with Gasteiger partial charge in [-0.1, -0.05) is 12.1 Å². The van der Waals surface area contributed by atoms with Crippen LogP contribution < -0.4 is 5.32 Å². The molecular formula is C15H17FN2O. The molecule has 3 rings (SSSR count). The van der Waals surface area contributed by atoms with Gasteiger partial charge in [-0.05, 0) is 37.9 Å². The molecule has 1 saturated carbocycles. The van der Waals surface area contributed by atoms with Crippen LogP contribution in [0.1, 0.15) is 25.2 Å². The third kappa shape index (κ3) is 3.20. The van der Waals surface area contributed by atoms with Gasteiger partial charge in [-0.15, -0.1) is 0 Å². The molecule has 19 heavy (non-hydrogen) atoms. The van der Waals surface area contributed by atoms with Crippen LogP contribution in [-0.2, 0) is 6.42 Å². The molecule has 1 aromatic carbocycles. The zero-order valence-corrected chi connectivity index (χ0v) is 10.7. The highest BCUT2D eigenvalue weighted by atomic mass is 19.1. The monoisotopic (exact) mass is 260 g/mol. The smallest absolute Gasteiger partial charge is 0.194 e. The minimum absolute atomic E-state index is 0.277. The van der Waals surface area contributed by atoms with E-state index >= 15 is 0 Å². The molecule has 1 aliphatic carbocycles. The van der Waals surface area contributed by atoms with Gasteiger partial charge in [-0.2, -0.15) is 0 Å². The van der Waals surface area contributed by atoms with Gasteiger partial charge in [0.1, 0.15) is 5.82 Å². The quantitative estimate of drug-likeness (QED) is 0.811. The van der Waals surface area contributed by atoms with Gasteiger partial charge >= 0.3 is 0 Å². The average Bonchev–Trinajstić information content (AvgIpc) is 3.13. The molecule has 2 aromatic rings. The number of aromatic nitrogens is 1. The lowest BCUT2D eigenvalue weighted by atomic mass is 10.2. The first-order chi connectivity index (χ1) is 9.33. The first-order valence-corrected chi connectivity index (χ1v) is 6.76. The third-order valence-corrected chi connectivity index (χ3v) is 3.27. The van der Waals surface area contributed by atoms with Gasteiger partial charge in [0.2, 0.25) is 0 Å². The Labute approximate surface area is 111 Å². The maximum Gasteiger partial charge on any atom is 0.194 e. The van der Waals surface area contributed by atoms with Crippen LogP contribution in [-0.4, -0.2) is 17.6 Å². The van der Waals surface area contributed by atoms with Crippen LogP contribution in [0.3, 0.4) is 0 Å².